The first kappa shape index (κ1) is 11.7. The van der Waals surface area contributed by atoms with Gasteiger partial charge in [0, 0.05) is 0 Å². The van der Waals surface area contributed by atoms with Gasteiger partial charge >= 0.3 is 0 Å². The smallest absolute Gasteiger partial charge is 0.238 e. The maximum atomic E-state index is 11.2. The van der Waals surface area contributed by atoms with Crippen molar-refractivity contribution >= 4 is 16.3 Å². The first-order chi connectivity index (χ1) is 6.90. The average Bonchev–Trinajstić information content (AvgIpc) is 2.15. The number of aldehydes is 1. The molecule has 0 saturated heterocycles. The fourth-order valence-electron chi connectivity index (χ4n) is 1.25. The van der Waals surface area contributed by atoms with Crippen LogP contribution in [0, 0.1) is 6.92 Å². The molecule has 0 aliphatic carbocycles. The van der Waals surface area contributed by atoms with E-state index in [0.717, 1.165) is 0 Å². The third-order valence-corrected chi connectivity index (χ3v) is 2.84. The Morgan fingerprint density at radius 2 is 2.00 bits per heavy atom. The normalized spacial score (nSPS) is 11.1. The third-order valence-electron chi connectivity index (χ3n) is 1.89. The summed E-state index contributed by atoms with van der Waals surface area (Å²) in [6.45, 7) is 1.69. The number of nitrogens with two attached hydrogens (primary N) is 1. The number of primary sulfonamides is 1. The number of methoxy groups -OCH3 is 1. The van der Waals surface area contributed by atoms with E-state index in [1.54, 1.807) is 13.0 Å². The van der Waals surface area contributed by atoms with E-state index in [9.17, 15) is 13.2 Å². The molecule has 5 nitrogen and oxygen atoms in total. The summed E-state index contributed by atoms with van der Waals surface area (Å²) in [6.07, 6.45) is 0.415. The number of hydrogen-bond donors (Lipinski definition) is 1. The highest BCUT2D eigenvalue weighted by Crippen LogP contribution is 2.25. The van der Waals surface area contributed by atoms with Crippen LogP contribution in [0.3, 0.4) is 0 Å². The number of carbonyl (C=O) groups excluding carboxylic acids is 1. The molecule has 0 unspecified atom stereocenters. The van der Waals surface area contributed by atoms with Gasteiger partial charge in [0.1, 0.15) is 5.75 Å². The van der Waals surface area contributed by atoms with E-state index in [4.69, 9.17) is 9.88 Å². The maximum Gasteiger partial charge on any atom is 0.238 e. The molecule has 0 aliphatic rings. The Bertz CT molecular complexity index is 493. The van der Waals surface area contributed by atoms with Crippen molar-refractivity contribution in [1.29, 1.82) is 0 Å². The minimum absolute atomic E-state index is 0.0504. The number of benzene rings is 1. The number of ether oxygens (including phenoxy) is 1. The quantitative estimate of drug-likeness (QED) is 0.763. The summed E-state index contributed by atoms with van der Waals surface area (Å²) in [4.78, 5) is 10.6. The van der Waals surface area contributed by atoms with Crippen LogP contribution in [0.25, 0.3) is 0 Å². The zero-order valence-electron chi connectivity index (χ0n) is 8.35. The number of carbonyl (C=O) groups is 1. The number of rotatable bonds is 3. The van der Waals surface area contributed by atoms with Crippen LogP contribution in [0.5, 0.6) is 5.75 Å². The predicted molar refractivity (Wildman–Crippen MR) is 54.5 cm³/mol. The Morgan fingerprint density at radius 3 is 2.40 bits per heavy atom. The Balaban J connectivity index is 3.64. The third kappa shape index (κ3) is 2.34. The van der Waals surface area contributed by atoms with Gasteiger partial charge in [-0.25, -0.2) is 13.6 Å². The molecule has 0 bridgehead atoms. The highest BCUT2D eigenvalue weighted by Gasteiger charge is 2.18. The highest BCUT2D eigenvalue weighted by atomic mass is 32.2. The van der Waals surface area contributed by atoms with Gasteiger partial charge in [0.25, 0.3) is 0 Å². The van der Waals surface area contributed by atoms with Crippen molar-refractivity contribution in [3.8, 4) is 5.75 Å². The molecular weight excluding hydrogens is 218 g/mol. The zero-order valence-corrected chi connectivity index (χ0v) is 9.17. The van der Waals surface area contributed by atoms with Crippen molar-refractivity contribution in [2.75, 3.05) is 7.11 Å². The van der Waals surface area contributed by atoms with E-state index < -0.39 is 10.0 Å². The molecule has 1 rings (SSSR count). The Morgan fingerprint density at radius 1 is 1.40 bits per heavy atom. The lowest BCUT2D eigenvalue weighted by Gasteiger charge is -2.09. The molecule has 0 radical (unpaired) electrons. The number of sulfonamides is 1. The average molecular weight is 229 g/mol. The Hall–Kier alpha value is -1.40. The molecule has 6 heteroatoms. The summed E-state index contributed by atoms with van der Waals surface area (Å²) in [7, 11) is -2.56. The second-order valence-electron chi connectivity index (χ2n) is 3.04. The zero-order chi connectivity index (χ0) is 11.6. The Kier molecular flexibility index (Phi) is 3.11. The van der Waals surface area contributed by atoms with E-state index in [2.05, 4.69) is 0 Å². The van der Waals surface area contributed by atoms with Gasteiger partial charge in [-0.15, -0.1) is 0 Å². The van der Waals surface area contributed by atoms with Crippen LogP contribution in [-0.4, -0.2) is 21.8 Å². The van der Waals surface area contributed by atoms with Gasteiger partial charge in [0.15, 0.2) is 6.29 Å². The van der Waals surface area contributed by atoms with Crippen molar-refractivity contribution in [2.45, 2.75) is 11.8 Å². The maximum absolute atomic E-state index is 11.2. The minimum atomic E-state index is -3.91. The summed E-state index contributed by atoms with van der Waals surface area (Å²) < 4.78 is 27.3. The lowest BCUT2D eigenvalue weighted by atomic mass is 10.1. The predicted octanol–water partition coefficient (Wildman–Crippen LogP) is 0.464. The highest BCUT2D eigenvalue weighted by molar-refractivity contribution is 7.89. The van der Waals surface area contributed by atoms with Gasteiger partial charge in [0.05, 0.1) is 17.6 Å². The molecular formula is C9H11NO4S. The van der Waals surface area contributed by atoms with E-state index in [1.807, 2.05) is 0 Å². The molecule has 0 amide bonds. The molecule has 1 aromatic carbocycles. The van der Waals surface area contributed by atoms with Gasteiger partial charge in [-0.2, -0.15) is 0 Å². The number of hydrogen-bond acceptors (Lipinski definition) is 4. The first-order valence-electron chi connectivity index (χ1n) is 4.06. The van der Waals surface area contributed by atoms with Crippen LogP contribution in [-0.2, 0) is 10.0 Å². The fraction of sp³-hybridized carbons (Fsp3) is 0.222. The summed E-state index contributed by atoms with van der Waals surface area (Å²) in [5.74, 6) is 0.203. The monoisotopic (exact) mass is 229 g/mol. The Labute approximate surface area is 87.9 Å². The van der Waals surface area contributed by atoms with Crippen LogP contribution in [0.2, 0.25) is 0 Å². The molecule has 0 atom stereocenters. The number of aryl methyl sites for hydroxylation is 1. The summed E-state index contributed by atoms with van der Waals surface area (Å²) >= 11 is 0. The van der Waals surface area contributed by atoms with Crippen LogP contribution in [0.4, 0.5) is 0 Å². The first-order valence-corrected chi connectivity index (χ1v) is 5.61. The largest absolute Gasteiger partial charge is 0.496 e. The molecule has 0 saturated carbocycles. The van der Waals surface area contributed by atoms with Gasteiger partial charge in [-0.1, -0.05) is 0 Å². The molecule has 0 heterocycles. The molecule has 0 spiro atoms. The summed E-state index contributed by atoms with van der Waals surface area (Å²) in [6, 6.07) is 2.90. The fourth-order valence-corrected chi connectivity index (χ4v) is 2.06. The van der Waals surface area contributed by atoms with Gasteiger partial charge in [0.2, 0.25) is 10.0 Å². The lowest BCUT2D eigenvalue weighted by Crippen LogP contribution is -2.15. The SMILES string of the molecule is COc1cc(C)cc(S(N)(=O)=O)c1C=O. The van der Waals surface area contributed by atoms with Crippen molar-refractivity contribution in [2.24, 2.45) is 5.14 Å². The van der Waals surface area contributed by atoms with Crippen LogP contribution >= 0.6 is 0 Å². The van der Waals surface area contributed by atoms with Crippen molar-refractivity contribution in [3.05, 3.63) is 23.3 Å². The second-order valence-corrected chi connectivity index (χ2v) is 4.57. The van der Waals surface area contributed by atoms with Crippen LogP contribution in [0.1, 0.15) is 15.9 Å². The standard InChI is InChI=1S/C9H11NO4S/c1-6-3-8(14-2)7(5-11)9(4-6)15(10,12)13/h3-5H,1-2H3,(H2,10,12,13). The summed E-state index contributed by atoms with van der Waals surface area (Å²) in [5.41, 5.74) is 0.604. The molecule has 82 valence electrons. The van der Waals surface area contributed by atoms with E-state index in [1.165, 1.54) is 13.2 Å². The van der Waals surface area contributed by atoms with Crippen molar-refractivity contribution in [1.82, 2.24) is 0 Å². The molecule has 0 fully saturated rings. The topological polar surface area (TPSA) is 86.5 Å². The molecule has 0 aliphatic heterocycles. The van der Waals surface area contributed by atoms with Gasteiger partial charge < -0.3 is 4.74 Å². The molecule has 1 aromatic rings. The molecule has 0 aromatic heterocycles. The van der Waals surface area contributed by atoms with Crippen molar-refractivity contribution < 1.29 is 17.9 Å². The van der Waals surface area contributed by atoms with Crippen molar-refractivity contribution in [3.63, 3.8) is 0 Å². The van der Waals surface area contributed by atoms with E-state index in [0.29, 0.717) is 11.8 Å². The minimum Gasteiger partial charge on any atom is -0.496 e. The lowest BCUT2D eigenvalue weighted by molar-refractivity contribution is 0.111. The second kappa shape index (κ2) is 4.00. The van der Waals surface area contributed by atoms with Gasteiger partial charge in [-0.05, 0) is 24.6 Å². The van der Waals surface area contributed by atoms with E-state index in [-0.39, 0.29) is 16.2 Å². The van der Waals surface area contributed by atoms with Crippen LogP contribution < -0.4 is 9.88 Å². The molecule has 2 N–H and O–H groups in total. The molecule has 15 heavy (non-hydrogen) atoms. The van der Waals surface area contributed by atoms with Crippen LogP contribution in [0.15, 0.2) is 17.0 Å². The van der Waals surface area contributed by atoms with Gasteiger partial charge in [-0.3, -0.25) is 4.79 Å². The van der Waals surface area contributed by atoms with E-state index >= 15 is 0 Å². The summed E-state index contributed by atoms with van der Waals surface area (Å²) in [5, 5.41) is 4.98.